The van der Waals surface area contributed by atoms with Gasteiger partial charge in [0.2, 0.25) is 0 Å². The van der Waals surface area contributed by atoms with Crippen molar-refractivity contribution in [2.75, 3.05) is 7.11 Å². The SMILES string of the molecule is [CH2-]c1cc(-c2cccc(-c3cc(C)nc(C)c3)c2)c2c(oc3ccccc32)c1-c1cc2ccccc2c[n+]1[CH2-].[CH2-]c1ccc(OC)cc1-c1cc(CC(C)(C)C)c([Si](C)(C)C)c[n+]1[CH2-].[Ir]. The van der Waals surface area contributed by atoms with Crippen LogP contribution in [0.25, 0.3) is 77.5 Å². The molecular weight excluding hydrogens is 991 g/mol. The topological polar surface area (TPSA) is 43.0 Å². The first-order valence-corrected chi connectivity index (χ1v) is 25.4. The summed E-state index contributed by atoms with van der Waals surface area (Å²) in [6, 6.07) is 42.2. The van der Waals surface area contributed by atoms with Gasteiger partial charge in [0.1, 0.15) is 5.58 Å². The van der Waals surface area contributed by atoms with Gasteiger partial charge >= 0.3 is 0 Å². The van der Waals surface area contributed by atoms with Gasteiger partial charge in [0, 0.05) is 56.4 Å². The largest absolute Gasteiger partial charge is 0.499 e. The second-order valence-corrected chi connectivity index (χ2v) is 24.4. The molecule has 0 bridgehead atoms. The Bertz CT molecular complexity index is 3210. The number of hydrogen-bond acceptors (Lipinski definition) is 3. The number of methoxy groups -OCH3 is 1. The maximum Gasteiger partial charge on any atom is 0.133 e. The number of furan rings is 1. The minimum atomic E-state index is -1.47. The summed E-state index contributed by atoms with van der Waals surface area (Å²) >= 11 is 0. The van der Waals surface area contributed by atoms with Crippen molar-refractivity contribution in [2.45, 2.75) is 60.7 Å². The molecule has 65 heavy (non-hydrogen) atoms. The third-order valence-electron chi connectivity index (χ3n) is 11.8. The molecule has 4 aromatic heterocycles. The van der Waals surface area contributed by atoms with Crippen LogP contribution in [0.5, 0.6) is 5.75 Å². The Morgan fingerprint density at radius 2 is 1.32 bits per heavy atom. The van der Waals surface area contributed by atoms with E-state index in [-0.39, 0.29) is 25.5 Å². The van der Waals surface area contributed by atoms with Crippen molar-refractivity contribution in [3.05, 3.63) is 190 Å². The minimum absolute atomic E-state index is 0. The van der Waals surface area contributed by atoms with Gasteiger partial charge in [-0.15, -0.1) is 5.56 Å². The normalized spacial score (nSPS) is 11.6. The Kier molecular flexibility index (Phi) is 13.2. The molecule has 9 rings (SSSR count). The third kappa shape index (κ3) is 9.74. The fourth-order valence-electron chi connectivity index (χ4n) is 8.95. The maximum absolute atomic E-state index is 6.61. The number of rotatable bonds is 7. The van der Waals surface area contributed by atoms with Gasteiger partial charge in [-0.1, -0.05) is 142 Å². The number of benzene rings is 5. The Hall–Kier alpha value is -6.24. The van der Waals surface area contributed by atoms with Crippen molar-refractivity contribution in [3.63, 3.8) is 0 Å². The van der Waals surface area contributed by atoms with E-state index in [2.05, 4.69) is 177 Å². The molecule has 0 N–H and O–H groups in total. The van der Waals surface area contributed by atoms with Gasteiger partial charge in [-0.25, -0.2) is 0 Å². The van der Waals surface area contributed by atoms with Crippen LogP contribution >= 0.6 is 0 Å². The van der Waals surface area contributed by atoms with Gasteiger partial charge in [-0.3, -0.25) is 4.98 Å². The van der Waals surface area contributed by atoms with Gasteiger partial charge in [0.05, 0.1) is 50.3 Å². The summed E-state index contributed by atoms with van der Waals surface area (Å²) in [5, 5.41) is 5.93. The van der Waals surface area contributed by atoms with Crippen LogP contribution in [-0.2, 0) is 26.5 Å². The molecular formula is C58H59IrN3O2Si-2. The molecule has 333 valence electrons. The summed E-state index contributed by atoms with van der Waals surface area (Å²) in [6.45, 7) is 26.9. The monoisotopic (exact) mass is 1050 g/mol. The number of nitrogens with zero attached hydrogens (tertiary/aromatic N) is 3. The van der Waals surface area contributed by atoms with E-state index in [1.807, 2.05) is 53.3 Å². The van der Waals surface area contributed by atoms with Crippen LogP contribution in [0.3, 0.4) is 0 Å². The Morgan fingerprint density at radius 1 is 0.662 bits per heavy atom. The first-order valence-electron chi connectivity index (χ1n) is 21.9. The molecule has 0 atom stereocenters. The molecule has 0 saturated heterocycles. The van der Waals surface area contributed by atoms with Crippen LogP contribution in [0, 0.1) is 47.2 Å². The molecule has 5 nitrogen and oxygen atoms in total. The first-order chi connectivity index (χ1) is 30.4. The second-order valence-electron chi connectivity index (χ2n) is 19.3. The van der Waals surface area contributed by atoms with Crippen molar-refractivity contribution in [3.8, 4) is 50.5 Å². The van der Waals surface area contributed by atoms with E-state index < -0.39 is 8.07 Å². The molecule has 0 fully saturated rings. The van der Waals surface area contributed by atoms with Crippen LogP contribution in [0.4, 0.5) is 0 Å². The fourth-order valence-corrected chi connectivity index (χ4v) is 10.6. The van der Waals surface area contributed by atoms with Gasteiger partial charge in [0.15, 0.2) is 0 Å². The van der Waals surface area contributed by atoms with E-state index in [1.165, 1.54) is 10.8 Å². The zero-order chi connectivity index (χ0) is 45.7. The van der Waals surface area contributed by atoms with Crippen LogP contribution in [0.2, 0.25) is 19.6 Å². The molecule has 4 heterocycles. The molecule has 5 aromatic carbocycles. The van der Waals surface area contributed by atoms with Crippen LogP contribution in [0.15, 0.2) is 138 Å². The summed E-state index contributed by atoms with van der Waals surface area (Å²) in [4.78, 5) is 4.56. The maximum atomic E-state index is 6.61. The Labute approximate surface area is 400 Å². The zero-order valence-corrected chi connectivity index (χ0v) is 42.6. The number of para-hydroxylation sites is 1. The Morgan fingerprint density at radius 3 is 2.02 bits per heavy atom. The van der Waals surface area contributed by atoms with Crippen molar-refractivity contribution in [1.82, 2.24) is 4.98 Å². The van der Waals surface area contributed by atoms with Crippen molar-refractivity contribution < 1.29 is 38.4 Å². The molecule has 9 aromatic rings. The summed E-state index contributed by atoms with van der Waals surface area (Å²) in [5.74, 6) is 0.842. The minimum Gasteiger partial charge on any atom is -0.499 e. The number of aromatic nitrogens is 3. The van der Waals surface area contributed by atoms with Crippen LogP contribution < -0.4 is 19.1 Å². The summed E-state index contributed by atoms with van der Waals surface area (Å²) in [7, 11) is 8.83. The quantitative estimate of drug-likeness (QED) is 0.0907. The molecule has 0 aliphatic carbocycles. The van der Waals surface area contributed by atoms with Crippen LogP contribution in [0.1, 0.15) is 48.8 Å². The van der Waals surface area contributed by atoms with Gasteiger partial charge in [0.25, 0.3) is 0 Å². The van der Waals surface area contributed by atoms with E-state index in [0.717, 1.165) is 112 Å². The number of fused-ring (bicyclic) bond motifs is 4. The van der Waals surface area contributed by atoms with Gasteiger partial charge in [-0.05, 0) is 82.6 Å². The van der Waals surface area contributed by atoms with E-state index >= 15 is 0 Å². The average molecular weight is 1050 g/mol. The van der Waals surface area contributed by atoms with Gasteiger partial charge in [-0.2, -0.15) is 37.1 Å². The number of aryl methyl sites for hydroxylation is 2. The number of pyridine rings is 3. The molecule has 0 aliphatic rings. The van der Waals surface area contributed by atoms with E-state index in [0.29, 0.717) is 0 Å². The first kappa shape index (κ1) is 46.7. The summed E-state index contributed by atoms with van der Waals surface area (Å²) in [5.41, 5.74) is 15.9. The Balaban J connectivity index is 0.000000211. The standard InChI is InChI=1S/C36H27N2O.C22H32NOSi.Ir/c1-22-16-31(27-13-9-12-25(19-27)29-17-23(2)37-24(3)18-29)35-30-14-7-8-15-33(30)39-36(35)34(22)32-20-26-10-5-6-11-28(26)21-38(32)4;1-16-10-11-18(24-6)13-19(16)20-12-17(14-22(2,3)4)21(15-23(20)5)25(7,8)9;/h5-21H,1,4H2,2-3H3;10-13,15H,1,5,14H2,2-4,6-9H3;/q2*-1;. The molecule has 0 unspecified atom stereocenters. The van der Waals surface area contributed by atoms with Crippen molar-refractivity contribution >= 4 is 46.0 Å². The van der Waals surface area contributed by atoms with Crippen LogP contribution in [-0.4, -0.2) is 20.2 Å². The molecule has 0 saturated carbocycles. The van der Waals surface area contributed by atoms with Crippen molar-refractivity contribution in [1.29, 1.82) is 0 Å². The van der Waals surface area contributed by atoms with E-state index in [9.17, 15) is 0 Å². The second kappa shape index (κ2) is 18.3. The smallest absolute Gasteiger partial charge is 0.133 e. The summed E-state index contributed by atoms with van der Waals surface area (Å²) < 4.78 is 15.9. The fraction of sp³-hybridized carbons (Fsp3) is 0.190. The summed E-state index contributed by atoms with van der Waals surface area (Å²) in [6.07, 6.45) is 5.35. The van der Waals surface area contributed by atoms with Gasteiger partial charge < -0.3 is 18.3 Å². The van der Waals surface area contributed by atoms with E-state index in [4.69, 9.17) is 9.15 Å². The molecule has 0 amide bonds. The molecule has 1 radical (unpaired) electrons. The predicted molar refractivity (Wildman–Crippen MR) is 270 cm³/mol. The molecule has 7 heteroatoms. The van der Waals surface area contributed by atoms with Crippen molar-refractivity contribution in [2.24, 2.45) is 5.41 Å². The predicted octanol–water partition coefficient (Wildman–Crippen LogP) is 13.5. The average Bonchev–Trinajstić information content (AvgIpc) is 3.62. The third-order valence-corrected chi connectivity index (χ3v) is 13.9. The molecule has 0 spiro atoms. The number of hydrogen-bond donors (Lipinski definition) is 0. The van der Waals surface area contributed by atoms with E-state index in [1.54, 1.807) is 7.11 Å². The number of ether oxygens (including phenoxy) is 1. The zero-order valence-electron chi connectivity index (χ0n) is 39.2. The molecule has 0 aliphatic heterocycles.